The summed E-state index contributed by atoms with van der Waals surface area (Å²) in [5.41, 5.74) is 0.195. The average Bonchev–Trinajstić information content (AvgIpc) is 2.76. The Kier molecular flexibility index (Phi) is 5.56. The van der Waals surface area contributed by atoms with Crippen LogP contribution in [-0.4, -0.2) is 68.0 Å². The first-order valence-corrected chi connectivity index (χ1v) is 9.36. The molecule has 1 saturated heterocycles. The number of hydrogen-bond donors (Lipinski definition) is 6. The van der Waals surface area contributed by atoms with Gasteiger partial charge in [0.25, 0.3) is 0 Å². The molecule has 164 valence electrons. The van der Waals surface area contributed by atoms with Gasteiger partial charge < -0.3 is 44.5 Å². The standard InChI is InChI=1S/C21H20O10/c22-8-17-18(26)19(27)20(28)21(31-17)29-10-3-1-9(2-4-10)15-6-12(23)11-5-13(24)14(25)7-16(11)30-15/h1-7,17-22,24-28H,8H2. The van der Waals surface area contributed by atoms with E-state index >= 15 is 0 Å². The number of rotatable bonds is 4. The smallest absolute Gasteiger partial charge is 0.229 e. The average molecular weight is 432 g/mol. The Morgan fingerprint density at radius 2 is 1.58 bits per heavy atom. The van der Waals surface area contributed by atoms with E-state index in [0.29, 0.717) is 5.56 Å². The molecule has 0 radical (unpaired) electrons. The third-order valence-electron chi connectivity index (χ3n) is 5.06. The Morgan fingerprint density at radius 3 is 2.26 bits per heavy atom. The van der Waals surface area contributed by atoms with Crippen LogP contribution in [0.3, 0.4) is 0 Å². The monoisotopic (exact) mass is 432 g/mol. The first kappa shape index (κ1) is 21.1. The minimum absolute atomic E-state index is 0.0967. The number of phenols is 2. The van der Waals surface area contributed by atoms with Crippen LogP contribution in [0.2, 0.25) is 0 Å². The van der Waals surface area contributed by atoms with Gasteiger partial charge in [0.2, 0.25) is 6.29 Å². The molecule has 31 heavy (non-hydrogen) atoms. The maximum atomic E-state index is 12.3. The molecule has 0 aliphatic carbocycles. The van der Waals surface area contributed by atoms with E-state index in [4.69, 9.17) is 13.9 Å². The highest BCUT2D eigenvalue weighted by molar-refractivity contribution is 5.82. The number of benzene rings is 2. The quantitative estimate of drug-likeness (QED) is 0.310. The first-order chi connectivity index (χ1) is 14.8. The third kappa shape index (κ3) is 3.94. The first-order valence-electron chi connectivity index (χ1n) is 9.36. The van der Waals surface area contributed by atoms with Crippen LogP contribution in [0.1, 0.15) is 0 Å². The highest BCUT2D eigenvalue weighted by Crippen LogP contribution is 2.32. The lowest BCUT2D eigenvalue weighted by Gasteiger charge is -2.39. The fourth-order valence-corrected chi connectivity index (χ4v) is 3.32. The molecule has 6 N–H and O–H groups in total. The zero-order chi connectivity index (χ0) is 22.3. The van der Waals surface area contributed by atoms with Crippen molar-refractivity contribution in [3.63, 3.8) is 0 Å². The predicted molar refractivity (Wildman–Crippen MR) is 106 cm³/mol. The van der Waals surface area contributed by atoms with Crippen molar-refractivity contribution in [2.45, 2.75) is 30.7 Å². The van der Waals surface area contributed by atoms with Gasteiger partial charge in [-0.15, -0.1) is 0 Å². The lowest BCUT2D eigenvalue weighted by Crippen LogP contribution is -2.60. The molecule has 5 unspecified atom stereocenters. The Bertz CT molecular complexity index is 1140. The molecule has 2 aromatic carbocycles. The molecule has 4 rings (SSSR count). The van der Waals surface area contributed by atoms with Crippen LogP contribution in [0.25, 0.3) is 22.3 Å². The van der Waals surface area contributed by atoms with Gasteiger partial charge in [0.05, 0.1) is 12.0 Å². The molecule has 5 atom stereocenters. The minimum atomic E-state index is -1.56. The Morgan fingerprint density at radius 1 is 0.903 bits per heavy atom. The topological polar surface area (TPSA) is 170 Å². The van der Waals surface area contributed by atoms with Gasteiger partial charge in [-0.05, 0) is 30.3 Å². The normalized spacial score (nSPS) is 26.1. The molecular formula is C21H20O10. The van der Waals surface area contributed by atoms with Crippen molar-refractivity contribution in [1.29, 1.82) is 0 Å². The second-order valence-corrected chi connectivity index (χ2v) is 7.15. The largest absolute Gasteiger partial charge is 0.504 e. The van der Waals surface area contributed by atoms with E-state index in [0.717, 1.165) is 12.1 Å². The number of phenolic OH excluding ortho intramolecular Hbond substituents is 2. The molecule has 1 aromatic heterocycles. The zero-order valence-electron chi connectivity index (χ0n) is 16.0. The molecule has 0 bridgehead atoms. The summed E-state index contributed by atoms with van der Waals surface area (Å²) in [5, 5.41) is 58.3. The van der Waals surface area contributed by atoms with E-state index in [1.165, 1.54) is 18.2 Å². The van der Waals surface area contributed by atoms with Crippen molar-refractivity contribution in [3.05, 3.63) is 52.7 Å². The molecule has 1 aliphatic heterocycles. The lowest BCUT2D eigenvalue weighted by molar-refractivity contribution is -0.277. The van der Waals surface area contributed by atoms with Gasteiger partial charge in [-0.25, -0.2) is 0 Å². The molecule has 0 saturated carbocycles. The maximum Gasteiger partial charge on any atom is 0.229 e. The highest BCUT2D eigenvalue weighted by Gasteiger charge is 2.44. The van der Waals surface area contributed by atoms with Crippen LogP contribution >= 0.6 is 0 Å². The van der Waals surface area contributed by atoms with Gasteiger partial charge in [-0.3, -0.25) is 4.79 Å². The third-order valence-corrected chi connectivity index (χ3v) is 5.06. The Hall–Kier alpha value is -3.15. The molecule has 0 amide bonds. The maximum absolute atomic E-state index is 12.3. The van der Waals surface area contributed by atoms with Crippen LogP contribution in [0, 0.1) is 0 Å². The summed E-state index contributed by atoms with van der Waals surface area (Å²) in [7, 11) is 0. The van der Waals surface area contributed by atoms with Crippen molar-refractivity contribution >= 4 is 11.0 Å². The summed E-state index contributed by atoms with van der Waals surface area (Å²) in [6.45, 7) is -0.571. The molecule has 3 aromatic rings. The molecule has 10 nitrogen and oxygen atoms in total. The van der Waals surface area contributed by atoms with E-state index < -0.39 is 54.2 Å². The predicted octanol–water partition coefficient (Wildman–Crippen LogP) is 0.0499. The number of hydrogen-bond acceptors (Lipinski definition) is 10. The SMILES string of the molecule is O=c1cc(-c2ccc(OC3OC(CO)C(O)C(O)C3O)cc2)oc2cc(O)c(O)cc12. The van der Waals surface area contributed by atoms with Crippen molar-refractivity contribution < 1.29 is 44.5 Å². The highest BCUT2D eigenvalue weighted by atomic mass is 16.7. The fraction of sp³-hybridized carbons (Fsp3) is 0.286. The second kappa shape index (κ2) is 8.17. The number of aliphatic hydroxyl groups excluding tert-OH is 4. The van der Waals surface area contributed by atoms with E-state index in [-0.39, 0.29) is 22.5 Å². The van der Waals surface area contributed by atoms with Gasteiger partial charge in [0.15, 0.2) is 16.9 Å². The van der Waals surface area contributed by atoms with Gasteiger partial charge >= 0.3 is 0 Å². The summed E-state index contributed by atoms with van der Waals surface area (Å²) >= 11 is 0. The molecule has 2 heterocycles. The number of aliphatic hydroxyl groups is 4. The summed E-state index contributed by atoms with van der Waals surface area (Å²) in [6, 6.07) is 9.67. The molecular weight excluding hydrogens is 412 g/mol. The lowest BCUT2D eigenvalue weighted by atomic mass is 9.99. The van der Waals surface area contributed by atoms with Crippen molar-refractivity contribution in [2.75, 3.05) is 6.61 Å². The van der Waals surface area contributed by atoms with Crippen molar-refractivity contribution in [2.24, 2.45) is 0 Å². The zero-order valence-corrected chi connectivity index (χ0v) is 16.0. The molecule has 10 heteroatoms. The van der Waals surface area contributed by atoms with Gasteiger partial charge in [0, 0.05) is 17.7 Å². The molecule has 0 spiro atoms. The number of aromatic hydroxyl groups is 2. The Balaban J connectivity index is 1.57. The van der Waals surface area contributed by atoms with Crippen LogP contribution in [0.15, 0.2) is 51.7 Å². The van der Waals surface area contributed by atoms with Crippen LogP contribution in [0.4, 0.5) is 0 Å². The van der Waals surface area contributed by atoms with E-state index in [9.17, 15) is 35.4 Å². The Labute approximate surface area is 174 Å². The molecule has 1 aliphatic rings. The van der Waals surface area contributed by atoms with Gasteiger partial charge in [-0.2, -0.15) is 0 Å². The minimum Gasteiger partial charge on any atom is -0.504 e. The second-order valence-electron chi connectivity index (χ2n) is 7.15. The number of ether oxygens (including phenoxy) is 2. The fourth-order valence-electron chi connectivity index (χ4n) is 3.32. The van der Waals surface area contributed by atoms with E-state index in [1.54, 1.807) is 12.1 Å². The van der Waals surface area contributed by atoms with Crippen molar-refractivity contribution in [1.82, 2.24) is 0 Å². The van der Waals surface area contributed by atoms with E-state index in [1.807, 2.05) is 0 Å². The van der Waals surface area contributed by atoms with Crippen LogP contribution in [0.5, 0.6) is 17.2 Å². The van der Waals surface area contributed by atoms with Crippen molar-refractivity contribution in [3.8, 4) is 28.6 Å². The van der Waals surface area contributed by atoms with Crippen LogP contribution in [-0.2, 0) is 4.74 Å². The molecule has 1 fully saturated rings. The van der Waals surface area contributed by atoms with Gasteiger partial charge in [0.1, 0.15) is 41.5 Å². The van der Waals surface area contributed by atoms with Crippen LogP contribution < -0.4 is 10.2 Å². The summed E-state index contributed by atoms with van der Waals surface area (Å²) < 4.78 is 16.5. The summed E-state index contributed by atoms with van der Waals surface area (Å²) in [5.74, 6) is -0.390. The number of fused-ring (bicyclic) bond motifs is 1. The summed E-state index contributed by atoms with van der Waals surface area (Å²) in [6.07, 6.45) is -7.00. The van der Waals surface area contributed by atoms with E-state index in [2.05, 4.69) is 0 Å². The van der Waals surface area contributed by atoms with Gasteiger partial charge in [-0.1, -0.05) is 0 Å². The summed E-state index contributed by atoms with van der Waals surface area (Å²) in [4.78, 5) is 12.3.